The van der Waals surface area contributed by atoms with E-state index in [0.717, 1.165) is 12.8 Å². The van der Waals surface area contributed by atoms with Crippen molar-refractivity contribution in [2.75, 3.05) is 0 Å². The molecule has 0 spiro atoms. The van der Waals surface area contributed by atoms with Gasteiger partial charge in [0.1, 0.15) is 0 Å². The molecular formula is C10H15Cl2NO. The molecule has 2 fully saturated rings. The van der Waals surface area contributed by atoms with E-state index in [-0.39, 0.29) is 5.91 Å². The smallest absolute Gasteiger partial charge is 0.256 e. The first-order valence-electron chi connectivity index (χ1n) is 5.28. The van der Waals surface area contributed by atoms with E-state index >= 15 is 0 Å². The molecule has 4 heteroatoms. The number of piperidine rings is 1. The Balaban J connectivity index is 2.10. The van der Waals surface area contributed by atoms with Gasteiger partial charge < -0.3 is 5.32 Å². The van der Waals surface area contributed by atoms with E-state index < -0.39 is 4.33 Å². The molecule has 0 aromatic heterocycles. The molecule has 2 rings (SSSR count). The van der Waals surface area contributed by atoms with Crippen molar-refractivity contribution < 1.29 is 4.79 Å². The van der Waals surface area contributed by atoms with Gasteiger partial charge in [-0.1, -0.05) is 42.5 Å². The molecule has 1 saturated heterocycles. The zero-order valence-electron chi connectivity index (χ0n) is 8.06. The third kappa shape index (κ3) is 2.01. The van der Waals surface area contributed by atoms with Crippen LogP contribution in [0.4, 0.5) is 0 Å². The average Bonchev–Trinajstić information content (AvgIpc) is 2.30. The Bertz CT molecular complexity index is 242. The molecule has 0 bridgehead atoms. The number of nitrogens with one attached hydrogen (secondary N) is 1. The molecule has 2 aliphatic rings. The molecule has 2 nitrogen and oxygen atoms in total. The normalized spacial score (nSPS) is 36.9. The number of hydrogen-bond donors (Lipinski definition) is 1. The molecule has 1 aliphatic carbocycles. The van der Waals surface area contributed by atoms with Crippen LogP contribution >= 0.6 is 23.2 Å². The minimum atomic E-state index is -1.19. The van der Waals surface area contributed by atoms with Crippen LogP contribution in [0.15, 0.2) is 0 Å². The van der Waals surface area contributed by atoms with Gasteiger partial charge in [-0.3, -0.25) is 4.79 Å². The highest BCUT2D eigenvalue weighted by Crippen LogP contribution is 2.39. The Morgan fingerprint density at radius 2 is 1.93 bits per heavy atom. The zero-order chi connectivity index (χ0) is 10.2. The minimum absolute atomic E-state index is 0.205. The van der Waals surface area contributed by atoms with Gasteiger partial charge in [-0.25, -0.2) is 0 Å². The number of carbonyl (C=O) groups is 1. The highest BCUT2D eigenvalue weighted by molar-refractivity contribution is 6.58. The summed E-state index contributed by atoms with van der Waals surface area (Å²) in [5.74, 6) is 0.272. The van der Waals surface area contributed by atoms with Crippen LogP contribution in [0.5, 0.6) is 0 Å². The molecule has 0 aromatic carbocycles. The molecule has 1 N–H and O–H groups in total. The van der Waals surface area contributed by atoms with E-state index in [1.165, 1.54) is 19.3 Å². The summed E-state index contributed by atoms with van der Waals surface area (Å²) in [5.41, 5.74) is 0. The summed E-state index contributed by atoms with van der Waals surface area (Å²) in [5, 5.41) is 2.95. The van der Waals surface area contributed by atoms with Crippen molar-refractivity contribution >= 4 is 29.1 Å². The van der Waals surface area contributed by atoms with Crippen LogP contribution in [0.1, 0.15) is 38.5 Å². The van der Waals surface area contributed by atoms with E-state index in [2.05, 4.69) is 5.32 Å². The van der Waals surface area contributed by atoms with Crippen LogP contribution in [-0.4, -0.2) is 16.3 Å². The van der Waals surface area contributed by atoms with Crippen molar-refractivity contribution in [3.05, 3.63) is 0 Å². The summed E-state index contributed by atoms with van der Waals surface area (Å²) in [4.78, 5) is 11.5. The number of halogens is 2. The fraction of sp³-hybridized carbons (Fsp3) is 0.900. The maximum atomic E-state index is 11.5. The molecule has 1 saturated carbocycles. The standard InChI is InChI=1S/C10H15Cl2NO/c11-10(12)6-7-4-2-1-3-5-8(7)13-9(10)14/h7-8H,1-6H2,(H,13,14)/t7-,8+/m0/s1. The van der Waals surface area contributed by atoms with Crippen LogP contribution in [0.3, 0.4) is 0 Å². The van der Waals surface area contributed by atoms with Crippen molar-refractivity contribution in [2.45, 2.75) is 48.9 Å². The van der Waals surface area contributed by atoms with E-state index in [1.54, 1.807) is 0 Å². The molecule has 0 unspecified atom stereocenters. The molecule has 0 aromatic rings. The predicted molar refractivity (Wildman–Crippen MR) is 57.6 cm³/mol. The summed E-state index contributed by atoms with van der Waals surface area (Å²) >= 11 is 11.9. The first-order chi connectivity index (χ1) is 6.59. The topological polar surface area (TPSA) is 29.1 Å². The fourth-order valence-corrected chi connectivity index (χ4v) is 3.02. The first kappa shape index (κ1) is 10.6. The van der Waals surface area contributed by atoms with Crippen molar-refractivity contribution in [2.24, 2.45) is 5.92 Å². The monoisotopic (exact) mass is 235 g/mol. The maximum absolute atomic E-state index is 11.5. The van der Waals surface area contributed by atoms with Gasteiger partial charge in [0.25, 0.3) is 5.91 Å². The predicted octanol–water partition coefficient (Wildman–Crippen LogP) is 2.63. The lowest BCUT2D eigenvalue weighted by atomic mass is 9.86. The summed E-state index contributed by atoms with van der Waals surface area (Å²) in [6.45, 7) is 0. The van der Waals surface area contributed by atoms with Crippen molar-refractivity contribution in [1.29, 1.82) is 0 Å². The quantitative estimate of drug-likeness (QED) is 0.643. The molecule has 80 valence electrons. The Morgan fingerprint density at radius 1 is 1.21 bits per heavy atom. The lowest BCUT2D eigenvalue weighted by Crippen LogP contribution is -2.53. The van der Waals surface area contributed by atoms with Gasteiger partial charge in [0.05, 0.1) is 0 Å². The van der Waals surface area contributed by atoms with Crippen LogP contribution in [0.25, 0.3) is 0 Å². The van der Waals surface area contributed by atoms with E-state index in [4.69, 9.17) is 23.2 Å². The lowest BCUT2D eigenvalue weighted by Gasteiger charge is -2.37. The molecule has 2 atom stereocenters. The summed E-state index contributed by atoms with van der Waals surface area (Å²) in [7, 11) is 0. The van der Waals surface area contributed by atoms with E-state index in [9.17, 15) is 4.79 Å². The number of carbonyl (C=O) groups excluding carboxylic acids is 1. The largest absolute Gasteiger partial charge is 0.350 e. The number of rotatable bonds is 0. The molecule has 1 amide bonds. The third-order valence-electron chi connectivity index (χ3n) is 3.33. The first-order valence-corrected chi connectivity index (χ1v) is 6.04. The van der Waals surface area contributed by atoms with Crippen molar-refractivity contribution in [1.82, 2.24) is 5.32 Å². The Hall–Kier alpha value is 0.0500. The lowest BCUT2D eigenvalue weighted by molar-refractivity contribution is -0.125. The minimum Gasteiger partial charge on any atom is -0.350 e. The summed E-state index contributed by atoms with van der Waals surface area (Å²) in [6.07, 6.45) is 6.55. The van der Waals surface area contributed by atoms with Crippen LogP contribution in [-0.2, 0) is 4.79 Å². The molecule has 14 heavy (non-hydrogen) atoms. The average molecular weight is 236 g/mol. The van der Waals surface area contributed by atoms with Crippen LogP contribution < -0.4 is 5.32 Å². The van der Waals surface area contributed by atoms with Gasteiger partial charge in [0.15, 0.2) is 4.33 Å². The summed E-state index contributed by atoms with van der Waals surface area (Å²) in [6, 6.07) is 0.315. The van der Waals surface area contributed by atoms with E-state index in [1.807, 2.05) is 0 Å². The second kappa shape index (κ2) is 3.90. The molecule has 1 aliphatic heterocycles. The van der Waals surface area contributed by atoms with Gasteiger partial charge in [0, 0.05) is 6.04 Å². The van der Waals surface area contributed by atoms with Gasteiger partial charge in [0.2, 0.25) is 0 Å². The van der Waals surface area contributed by atoms with Crippen molar-refractivity contribution in [3.8, 4) is 0 Å². The Kier molecular flexibility index (Phi) is 2.94. The fourth-order valence-electron chi connectivity index (χ4n) is 2.51. The number of hydrogen-bond acceptors (Lipinski definition) is 1. The highest BCUT2D eigenvalue weighted by atomic mass is 35.5. The molecule has 1 heterocycles. The van der Waals surface area contributed by atoms with Gasteiger partial charge in [-0.15, -0.1) is 0 Å². The third-order valence-corrected chi connectivity index (χ3v) is 3.98. The summed E-state index contributed by atoms with van der Waals surface area (Å²) < 4.78 is -1.19. The van der Waals surface area contributed by atoms with Gasteiger partial charge in [-0.05, 0) is 25.2 Å². The number of amides is 1. The Morgan fingerprint density at radius 3 is 2.71 bits per heavy atom. The van der Waals surface area contributed by atoms with Crippen LogP contribution in [0.2, 0.25) is 0 Å². The number of fused-ring (bicyclic) bond motifs is 1. The van der Waals surface area contributed by atoms with Crippen LogP contribution in [0, 0.1) is 5.92 Å². The molecule has 0 radical (unpaired) electrons. The van der Waals surface area contributed by atoms with Gasteiger partial charge >= 0.3 is 0 Å². The van der Waals surface area contributed by atoms with E-state index in [0.29, 0.717) is 18.4 Å². The van der Waals surface area contributed by atoms with Gasteiger partial charge in [-0.2, -0.15) is 0 Å². The number of alkyl halides is 2. The highest BCUT2D eigenvalue weighted by Gasteiger charge is 2.44. The second-order valence-corrected chi connectivity index (χ2v) is 5.87. The SMILES string of the molecule is O=C1N[C@@H]2CCCCC[C@H]2CC1(Cl)Cl. The molecular weight excluding hydrogens is 221 g/mol. The second-order valence-electron chi connectivity index (χ2n) is 4.39. The Labute approximate surface area is 94.3 Å². The zero-order valence-corrected chi connectivity index (χ0v) is 9.57. The van der Waals surface area contributed by atoms with Crippen molar-refractivity contribution in [3.63, 3.8) is 0 Å². The maximum Gasteiger partial charge on any atom is 0.256 e.